The van der Waals surface area contributed by atoms with Gasteiger partial charge in [0.25, 0.3) is 0 Å². The van der Waals surface area contributed by atoms with E-state index in [0.29, 0.717) is 13.0 Å². The number of carbonyl (C=O) groups is 1. The number of hydrogen-bond donors (Lipinski definition) is 2. The highest BCUT2D eigenvalue weighted by atomic mass is 16.1. The minimum Gasteiger partial charge on any atom is -0.361 e. The zero-order valence-electron chi connectivity index (χ0n) is 12.7. The Morgan fingerprint density at radius 2 is 1.82 bits per heavy atom. The summed E-state index contributed by atoms with van der Waals surface area (Å²) in [7, 11) is 0. The molecule has 0 aliphatic carbocycles. The van der Waals surface area contributed by atoms with Crippen molar-refractivity contribution in [1.82, 2.24) is 10.3 Å². The maximum Gasteiger partial charge on any atom is 0.220 e. The van der Waals surface area contributed by atoms with Crippen molar-refractivity contribution in [2.45, 2.75) is 25.8 Å². The van der Waals surface area contributed by atoms with Gasteiger partial charge in [-0.1, -0.05) is 55.5 Å². The van der Waals surface area contributed by atoms with Crippen molar-refractivity contribution in [2.75, 3.05) is 0 Å². The van der Waals surface area contributed by atoms with Gasteiger partial charge < -0.3 is 10.3 Å². The standard InChI is InChI=1S/C19H20N2O/c1-14(17-13-20-18-10-6-5-9-16(17)18)11-19(22)21-12-15-7-3-2-4-8-15/h2-10,13-14,20H,11-12H2,1H3,(H,21,22). The maximum atomic E-state index is 12.1. The van der Waals surface area contributed by atoms with Gasteiger partial charge in [0.2, 0.25) is 5.91 Å². The lowest BCUT2D eigenvalue weighted by Gasteiger charge is -2.11. The molecule has 0 saturated heterocycles. The van der Waals surface area contributed by atoms with Crippen LogP contribution in [0.5, 0.6) is 0 Å². The van der Waals surface area contributed by atoms with Gasteiger partial charge in [0.1, 0.15) is 0 Å². The van der Waals surface area contributed by atoms with Crippen molar-refractivity contribution in [3.8, 4) is 0 Å². The molecule has 112 valence electrons. The fourth-order valence-electron chi connectivity index (χ4n) is 2.76. The summed E-state index contributed by atoms with van der Waals surface area (Å²) in [6, 6.07) is 18.2. The van der Waals surface area contributed by atoms with E-state index in [0.717, 1.165) is 11.1 Å². The summed E-state index contributed by atoms with van der Waals surface area (Å²) in [6.45, 7) is 2.68. The van der Waals surface area contributed by atoms with E-state index in [4.69, 9.17) is 0 Å². The number of carbonyl (C=O) groups excluding carboxylic acids is 1. The van der Waals surface area contributed by atoms with E-state index < -0.39 is 0 Å². The Balaban J connectivity index is 1.61. The SMILES string of the molecule is CC(CC(=O)NCc1ccccc1)c1c[nH]c2ccccc12. The predicted molar refractivity (Wildman–Crippen MR) is 89.6 cm³/mol. The lowest BCUT2D eigenvalue weighted by molar-refractivity contribution is -0.121. The summed E-state index contributed by atoms with van der Waals surface area (Å²) in [5, 5.41) is 4.19. The third-order valence-electron chi connectivity index (χ3n) is 3.98. The number of amides is 1. The summed E-state index contributed by atoms with van der Waals surface area (Å²) < 4.78 is 0. The van der Waals surface area contributed by atoms with Crippen LogP contribution in [0.1, 0.15) is 30.4 Å². The van der Waals surface area contributed by atoms with Crippen LogP contribution >= 0.6 is 0 Å². The second kappa shape index (κ2) is 6.48. The number of para-hydroxylation sites is 1. The first-order valence-corrected chi connectivity index (χ1v) is 7.60. The maximum absolute atomic E-state index is 12.1. The molecule has 0 saturated carbocycles. The van der Waals surface area contributed by atoms with Crippen LogP contribution in [0, 0.1) is 0 Å². The Morgan fingerprint density at radius 1 is 1.09 bits per heavy atom. The zero-order valence-corrected chi connectivity index (χ0v) is 12.7. The van der Waals surface area contributed by atoms with Crippen LogP contribution in [0.25, 0.3) is 10.9 Å². The average molecular weight is 292 g/mol. The second-order valence-electron chi connectivity index (χ2n) is 5.66. The van der Waals surface area contributed by atoms with Crippen molar-refractivity contribution in [2.24, 2.45) is 0 Å². The third kappa shape index (κ3) is 3.19. The quantitative estimate of drug-likeness (QED) is 0.734. The summed E-state index contributed by atoms with van der Waals surface area (Å²) in [6.07, 6.45) is 2.51. The molecule has 0 radical (unpaired) electrons. The van der Waals surface area contributed by atoms with Crippen LogP contribution in [0.15, 0.2) is 60.8 Å². The zero-order chi connectivity index (χ0) is 15.4. The molecule has 0 fully saturated rings. The van der Waals surface area contributed by atoms with E-state index in [-0.39, 0.29) is 11.8 Å². The third-order valence-corrected chi connectivity index (χ3v) is 3.98. The molecule has 2 aromatic carbocycles. The van der Waals surface area contributed by atoms with Crippen LogP contribution in [0.3, 0.4) is 0 Å². The highest BCUT2D eigenvalue weighted by Gasteiger charge is 2.14. The topological polar surface area (TPSA) is 44.9 Å². The van der Waals surface area contributed by atoms with Gasteiger partial charge in [0.15, 0.2) is 0 Å². The molecule has 0 bridgehead atoms. The van der Waals surface area contributed by atoms with E-state index in [1.807, 2.05) is 48.7 Å². The molecule has 1 heterocycles. The van der Waals surface area contributed by atoms with E-state index in [9.17, 15) is 4.79 Å². The summed E-state index contributed by atoms with van der Waals surface area (Å²) in [5.41, 5.74) is 3.44. The van der Waals surface area contributed by atoms with Crippen LogP contribution in [-0.4, -0.2) is 10.9 Å². The predicted octanol–water partition coefficient (Wildman–Crippen LogP) is 3.98. The Morgan fingerprint density at radius 3 is 2.64 bits per heavy atom. The first kappa shape index (κ1) is 14.4. The molecule has 22 heavy (non-hydrogen) atoms. The Kier molecular flexibility index (Phi) is 4.24. The largest absolute Gasteiger partial charge is 0.361 e. The van der Waals surface area contributed by atoms with Gasteiger partial charge in [-0.3, -0.25) is 4.79 Å². The Labute approximate surface area is 130 Å². The minimum absolute atomic E-state index is 0.0848. The number of fused-ring (bicyclic) bond motifs is 1. The summed E-state index contributed by atoms with van der Waals surface area (Å²) in [5.74, 6) is 0.272. The van der Waals surface area contributed by atoms with Crippen molar-refractivity contribution in [3.05, 3.63) is 71.9 Å². The Bertz CT molecular complexity index is 761. The molecule has 0 aliphatic rings. The molecule has 0 spiro atoms. The van der Waals surface area contributed by atoms with E-state index in [1.165, 1.54) is 10.9 Å². The number of H-pyrrole nitrogens is 1. The number of nitrogens with one attached hydrogen (secondary N) is 2. The van der Waals surface area contributed by atoms with Gasteiger partial charge in [-0.2, -0.15) is 0 Å². The van der Waals surface area contributed by atoms with Crippen molar-refractivity contribution < 1.29 is 4.79 Å². The van der Waals surface area contributed by atoms with Crippen LogP contribution in [0.4, 0.5) is 0 Å². The molecule has 3 rings (SSSR count). The molecule has 1 unspecified atom stereocenters. The van der Waals surface area contributed by atoms with Gasteiger partial charge in [0, 0.05) is 30.1 Å². The first-order valence-electron chi connectivity index (χ1n) is 7.60. The first-order chi connectivity index (χ1) is 10.7. The smallest absolute Gasteiger partial charge is 0.220 e. The molecule has 3 heteroatoms. The molecule has 2 N–H and O–H groups in total. The number of aromatic nitrogens is 1. The van der Waals surface area contributed by atoms with Crippen LogP contribution in [-0.2, 0) is 11.3 Å². The van der Waals surface area contributed by atoms with E-state index >= 15 is 0 Å². The van der Waals surface area contributed by atoms with Gasteiger partial charge >= 0.3 is 0 Å². The normalized spacial score (nSPS) is 12.2. The van der Waals surface area contributed by atoms with E-state index in [1.54, 1.807) is 0 Å². The molecule has 3 aromatic rings. The molecule has 3 nitrogen and oxygen atoms in total. The Hall–Kier alpha value is -2.55. The van der Waals surface area contributed by atoms with E-state index in [2.05, 4.69) is 29.4 Å². The molecule has 0 aliphatic heterocycles. The molecular formula is C19H20N2O. The van der Waals surface area contributed by atoms with Gasteiger partial charge in [-0.25, -0.2) is 0 Å². The van der Waals surface area contributed by atoms with Crippen molar-refractivity contribution in [1.29, 1.82) is 0 Å². The van der Waals surface area contributed by atoms with Gasteiger partial charge in [-0.05, 0) is 23.1 Å². The number of hydrogen-bond acceptors (Lipinski definition) is 1. The highest BCUT2D eigenvalue weighted by molar-refractivity contribution is 5.85. The number of benzene rings is 2. The second-order valence-corrected chi connectivity index (χ2v) is 5.66. The molecule has 1 atom stereocenters. The lowest BCUT2D eigenvalue weighted by Crippen LogP contribution is -2.23. The fraction of sp³-hybridized carbons (Fsp3) is 0.211. The monoisotopic (exact) mass is 292 g/mol. The van der Waals surface area contributed by atoms with Gasteiger partial charge in [0.05, 0.1) is 0 Å². The fourth-order valence-corrected chi connectivity index (χ4v) is 2.76. The van der Waals surface area contributed by atoms with Crippen molar-refractivity contribution in [3.63, 3.8) is 0 Å². The molecular weight excluding hydrogens is 272 g/mol. The number of aromatic amines is 1. The molecule has 1 aromatic heterocycles. The average Bonchev–Trinajstić information content (AvgIpc) is 2.98. The van der Waals surface area contributed by atoms with Crippen LogP contribution in [0.2, 0.25) is 0 Å². The van der Waals surface area contributed by atoms with Crippen LogP contribution < -0.4 is 5.32 Å². The lowest BCUT2D eigenvalue weighted by atomic mass is 9.97. The number of rotatable bonds is 5. The molecule has 1 amide bonds. The summed E-state index contributed by atoms with van der Waals surface area (Å²) >= 11 is 0. The minimum atomic E-state index is 0.0848. The van der Waals surface area contributed by atoms with Crippen molar-refractivity contribution >= 4 is 16.8 Å². The summed E-state index contributed by atoms with van der Waals surface area (Å²) in [4.78, 5) is 15.4. The highest BCUT2D eigenvalue weighted by Crippen LogP contribution is 2.27. The van der Waals surface area contributed by atoms with Gasteiger partial charge in [-0.15, -0.1) is 0 Å².